The van der Waals surface area contributed by atoms with Crippen molar-refractivity contribution in [2.24, 2.45) is 0 Å². The number of nitrogens with one attached hydrogen (secondary N) is 1. The third kappa shape index (κ3) is 3.52. The van der Waals surface area contributed by atoms with E-state index in [1.165, 1.54) is 6.07 Å². The van der Waals surface area contributed by atoms with Crippen LogP contribution in [-0.2, 0) is 6.42 Å². The average Bonchev–Trinajstić information content (AvgIpc) is 2.40. The van der Waals surface area contributed by atoms with Crippen molar-refractivity contribution in [2.75, 3.05) is 11.9 Å². The van der Waals surface area contributed by atoms with E-state index >= 15 is 0 Å². The van der Waals surface area contributed by atoms with E-state index in [0.29, 0.717) is 29.9 Å². The smallest absolute Gasteiger partial charge is 0.127 e. The standard InChI is InChI=1S/C15H14FN3/c1-11-8-12(10-17)9-15(19-11)18-7-6-13-4-2-3-5-14(13)16/h2-5,8-9H,6-7H2,1H3,(H,18,19). The molecule has 0 aliphatic rings. The van der Waals surface area contributed by atoms with E-state index in [0.717, 1.165) is 5.69 Å². The van der Waals surface area contributed by atoms with Gasteiger partial charge in [0.1, 0.15) is 11.6 Å². The van der Waals surface area contributed by atoms with Crippen LogP contribution in [0, 0.1) is 24.1 Å². The average molecular weight is 255 g/mol. The fourth-order valence-electron chi connectivity index (χ4n) is 1.85. The van der Waals surface area contributed by atoms with Gasteiger partial charge in [0.2, 0.25) is 0 Å². The highest BCUT2D eigenvalue weighted by Crippen LogP contribution is 2.11. The second-order valence-corrected chi connectivity index (χ2v) is 4.26. The zero-order valence-corrected chi connectivity index (χ0v) is 10.7. The van der Waals surface area contributed by atoms with Gasteiger partial charge in [0.15, 0.2) is 0 Å². The number of aromatic nitrogens is 1. The van der Waals surface area contributed by atoms with Gasteiger partial charge in [0.05, 0.1) is 11.6 Å². The number of pyridine rings is 1. The van der Waals surface area contributed by atoms with Crippen molar-refractivity contribution in [1.82, 2.24) is 4.98 Å². The van der Waals surface area contributed by atoms with Crippen LogP contribution in [0.4, 0.5) is 10.2 Å². The third-order valence-corrected chi connectivity index (χ3v) is 2.74. The molecule has 0 radical (unpaired) electrons. The van der Waals surface area contributed by atoms with Crippen molar-refractivity contribution in [3.05, 3.63) is 59.0 Å². The molecular weight excluding hydrogens is 241 g/mol. The fraction of sp³-hybridized carbons (Fsp3) is 0.200. The van der Waals surface area contributed by atoms with Crippen LogP contribution in [0.1, 0.15) is 16.8 Å². The van der Waals surface area contributed by atoms with Crippen LogP contribution in [-0.4, -0.2) is 11.5 Å². The molecule has 0 saturated carbocycles. The Labute approximate surface area is 111 Å². The van der Waals surface area contributed by atoms with E-state index in [4.69, 9.17) is 5.26 Å². The van der Waals surface area contributed by atoms with Crippen molar-refractivity contribution in [3.8, 4) is 6.07 Å². The minimum atomic E-state index is -0.195. The molecule has 0 aliphatic heterocycles. The van der Waals surface area contributed by atoms with E-state index in [1.54, 1.807) is 24.3 Å². The minimum Gasteiger partial charge on any atom is -0.370 e. The van der Waals surface area contributed by atoms with E-state index in [2.05, 4.69) is 16.4 Å². The van der Waals surface area contributed by atoms with Crippen LogP contribution in [0.15, 0.2) is 36.4 Å². The van der Waals surface area contributed by atoms with Gasteiger partial charge in [-0.2, -0.15) is 5.26 Å². The van der Waals surface area contributed by atoms with Gasteiger partial charge >= 0.3 is 0 Å². The van der Waals surface area contributed by atoms with Crippen molar-refractivity contribution in [2.45, 2.75) is 13.3 Å². The first kappa shape index (κ1) is 13.0. The van der Waals surface area contributed by atoms with Gasteiger partial charge < -0.3 is 5.32 Å². The lowest BCUT2D eigenvalue weighted by Gasteiger charge is -2.07. The first-order valence-electron chi connectivity index (χ1n) is 6.05. The molecule has 3 nitrogen and oxygen atoms in total. The van der Waals surface area contributed by atoms with Crippen molar-refractivity contribution >= 4 is 5.82 Å². The van der Waals surface area contributed by atoms with Crippen LogP contribution in [0.5, 0.6) is 0 Å². The highest BCUT2D eigenvalue weighted by atomic mass is 19.1. The Morgan fingerprint density at radius 3 is 2.84 bits per heavy atom. The predicted octanol–water partition coefficient (Wildman–Crippen LogP) is 3.06. The molecule has 0 spiro atoms. The molecular formula is C15H14FN3. The first-order chi connectivity index (χ1) is 9.19. The molecule has 0 unspecified atom stereocenters. The minimum absolute atomic E-state index is 0.195. The predicted molar refractivity (Wildman–Crippen MR) is 72.3 cm³/mol. The quantitative estimate of drug-likeness (QED) is 0.913. The number of aryl methyl sites for hydroxylation is 1. The molecule has 1 N–H and O–H groups in total. The van der Waals surface area contributed by atoms with Gasteiger partial charge in [0, 0.05) is 12.2 Å². The molecule has 2 rings (SSSR count). The number of hydrogen-bond acceptors (Lipinski definition) is 3. The van der Waals surface area contributed by atoms with Gasteiger partial charge in [0.25, 0.3) is 0 Å². The number of benzene rings is 1. The van der Waals surface area contributed by atoms with E-state index in [1.807, 2.05) is 13.0 Å². The largest absolute Gasteiger partial charge is 0.370 e. The van der Waals surface area contributed by atoms with Crippen LogP contribution in [0.25, 0.3) is 0 Å². The maximum absolute atomic E-state index is 13.4. The summed E-state index contributed by atoms with van der Waals surface area (Å²) in [5, 5.41) is 12.0. The Balaban J connectivity index is 1.98. The summed E-state index contributed by atoms with van der Waals surface area (Å²) in [6.45, 7) is 2.41. The van der Waals surface area contributed by atoms with Crippen LogP contribution < -0.4 is 5.32 Å². The van der Waals surface area contributed by atoms with Crippen LogP contribution >= 0.6 is 0 Å². The molecule has 0 aliphatic carbocycles. The zero-order valence-electron chi connectivity index (χ0n) is 10.7. The summed E-state index contributed by atoms with van der Waals surface area (Å²) in [6, 6.07) is 12.2. The number of hydrogen-bond donors (Lipinski definition) is 1. The molecule has 19 heavy (non-hydrogen) atoms. The van der Waals surface area contributed by atoms with Crippen LogP contribution in [0.3, 0.4) is 0 Å². The normalized spacial score (nSPS) is 9.95. The summed E-state index contributed by atoms with van der Waals surface area (Å²) in [7, 11) is 0. The lowest BCUT2D eigenvalue weighted by molar-refractivity contribution is 0.610. The topological polar surface area (TPSA) is 48.7 Å². The molecule has 0 amide bonds. The second kappa shape index (κ2) is 5.96. The summed E-state index contributed by atoms with van der Waals surface area (Å²) in [5.74, 6) is 0.451. The highest BCUT2D eigenvalue weighted by molar-refractivity contribution is 5.44. The van der Waals surface area contributed by atoms with Crippen molar-refractivity contribution in [3.63, 3.8) is 0 Å². The zero-order chi connectivity index (χ0) is 13.7. The monoisotopic (exact) mass is 255 g/mol. The highest BCUT2D eigenvalue weighted by Gasteiger charge is 2.02. The lowest BCUT2D eigenvalue weighted by Crippen LogP contribution is -2.08. The number of nitriles is 1. The summed E-state index contributed by atoms with van der Waals surface area (Å²) in [6.07, 6.45) is 0.574. The summed E-state index contributed by atoms with van der Waals surface area (Å²) < 4.78 is 13.4. The fourth-order valence-corrected chi connectivity index (χ4v) is 1.85. The van der Waals surface area contributed by atoms with Gasteiger partial charge in [-0.15, -0.1) is 0 Å². The molecule has 1 aromatic carbocycles. The second-order valence-electron chi connectivity index (χ2n) is 4.26. The Hall–Kier alpha value is -2.41. The number of anilines is 1. The third-order valence-electron chi connectivity index (χ3n) is 2.74. The molecule has 0 bridgehead atoms. The number of nitrogens with zero attached hydrogens (tertiary/aromatic N) is 2. The summed E-state index contributed by atoms with van der Waals surface area (Å²) in [4.78, 5) is 4.28. The SMILES string of the molecule is Cc1cc(C#N)cc(NCCc2ccccc2F)n1. The molecule has 0 atom stereocenters. The Kier molecular flexibility index (Phi) is 4.09. The van der Waals surface area contributed by atoms with E-state index in [-0.39, 0.29) is 5.82 Å². The van der Waals surface area contributed by atoms with Gasteiger partial charge in [-0.1, -0.05) is 18.2 Å². The number of halogens is 1. The van der Waals surface area contributed by atoms with Crippen molar-refractivity contribution in [1.29, 1.82) is 5.26 Å². The summed E-state index contributed by atoms with van der Waals surface area (Å²) >= 11 is 0. The molecule has 0 fully saturated rings. The Morgan fingerprint density at radius 2 is 2.11 bits per heavy atom. The number of rotatable bonds is 4. The summed E-state index contributed by atoms with van der Waals surface area (Å²) in [5.41, 5.74) is 2.02. The molecule has 1 heterocycles. The van der Waals surface area contributed by atoms with Gasteiger partial charge in [-0.25, -0.2) is 9.37 Å². The van der Waals surface area contributed by atoms with Crippen LogP contribution in [0.2, 0.25) is 0 Å². The lowest BCUT2D eigenvalue weighted by atomic mass is 10.1. The Bertz CT molecular complexity index is 617. The maximum atomic E-state index is 13.4. The molecule has 96 valence electrons. The maximum Gasteiger partial charge on any atom is 0.127 e. The molecule has 2 aromatic rings. The first-order valence-corrected chi connectivity index (χ1v) is 6.05. The molecule has 4 heteroatoms. The van der Waals surface area contributed by atoms with E-state index in [9.17, 15) is 4.39 Å². The van der Waals surface area contributed by atoms with E-state index < -0.39 is 0 Å². The van der Waals surface area contributed by atoms with Gasteiger partial charge in [-0.05, 0) is 37.1 Å². The van der Waals surface area contributed by atoms with Gasteiger partial charge in [-0.3, -0.25) is 0 Å². The molecule has 1 aromatic heterocycles. The Morgan fingerprint density at radius 1 is 1.32 bits per heavy atom. The van der Waals surface area contributed by atoms with Crippen molar-refractivity contribution < 1.29 is 4.39 Å². The molecule has 0 saturated heterocycles.